The Morgan fingerprint density at radius 2 is 1.41 bits per heavy atom. The lowest BCUT2D eigenvalue weighted by atomic mass is 10.0. The molecule has 7 atom stereocenters. The fraction of sp³-hybridized carbons (Fsp3) is 0.545. The van der Waals surface area contributed by atoms with Crippen molar-refractivity contribution in [1.82, 2.24) is 46.8 Å². The minimum Gasteiger partial charge on any atom is -0.508 e. The van der Waals surface area contributed by atoms with Crippen LogP contribution in [-0.4, -0.2) is 180 Å². The first kappa shape index (κ1) is 63.0. The molecule has 1 aromatic heterocycles. The van der Waals surface area contributed by atoms with Crippen molar-refractivity contribution >= 4 is 65.2 Å². The molecule has 28 nitrogen and oxygen atoms in total. The lowest BCUT2D eigenvalue weighted by molar-refractivity contribution is -0.192. The molecule has 1 fully saturated rings. The number of phenols is 1. The highest BCUT2D eigenvalue weighted by atomic mass is 19.4. The summed E-state index contributed by atoms with van der Waals surface area (Å²) in [5, 5.41) is 60.4. The molecular weight excluding hydrogens is 1010 g/mol. The third kappa shape index (κ3) is 23.1. The van der Waals surface area contributed by atoms with Crippen LogP contribution >= 0.6 is 0 Å². The molecule has 2 aromatic rings. The van der Waals surface area contributed by atoms with E-state index in [2.05, 4.69) is 46.9 Å². The van der Waals surface area contributed by atoms with Crippen molar-refractivity contribution in [3.05, 3.63) is 48.0 Å². The summed E-state index contributed by atoms with van der Waals surface area (Å²) in [6.07, 6.45) is -2.91. The quantitative estimate of drug-likeness (QED) is 0.0223. The number of aliphatic imine (C=N–C) groups is 1. The van der Waals surface area contributed by atoms with Crippen molar-refractivity contribution in [2.45, 2.75) is 120 Å². The van der Waals surface area contributed by atoms with Gasteiger partial charge in [0.15, 0.2) is 5.96 Å². The number of amides is 7. The van der Waals surface area contributed by atoms with Gasteiger partial charge in [-0.05, 0) is 68.6 Å². The summed E-state index contributed by atoms with van der Waals surface area (Å²) in [6.45, 7) is 2.23. The number of rotatable bonds is 28. The number of aliphatic hydroxyl groups is 1. The van der Waals surface area contributed by atoms with Crippen molar-refractivity contribution in [2.75, 3.05) is 26.2 Å². The number of halogens is 3. The van der Waals surface area contributed by atoms with Gasteiger partial charge in [0.1, 0.15) is 42.0 Å². The number of H-pyrrole nitrogens is 1. The second kappa shape index (κ2) is 30.8. The number of nitrogens with one attached hydrogen (secondary N) is 7. The molecule has 18 N–H and O–H groups in total. The molecule has 0 aliphatic carbocycles. The summed E-state index contributed by atoms with van der Waals surface area (Å²) >= 11 is 0. The second-order valence-corrected chi connectivity index (χ2v) is 17.4. The van der Waals surface area contributed by atoms with E-state index < -0.39 is 134 Å². The van der Waals surface area contributed by atoms with Gasteiger partial charge in [0.2, 0.25) is 41.4 Å². The number of carbonyl (C=O) groups excluding carboxylic acids is 7. The van der Waals surface area contributed by atoms with Crippen molar-refractivity contribution < 1.29 is 86.6 Å². The van der Waals surface area contributed by atoms with Crippen molar-refractivity contribution in [1.29, 1.82) is 0 Å². The number of nitrogens with two attached hydrogens (primary N) is 3. The fourth-order valence-corrected chi connectivity index (χ4v) is 7.12. The zero-order valence-electron chi connectivity index (χ0n) is 40.8. The molecule has 1 aromatic carbocycles. The lowest BCUT2D eigenvalue weighted by Gasteiger charge is -2.31. The molecule has 0 unspecified atom stereocenters. The standard InChI is InChI=1S/C42H63N13O13.C2HF3O2/c1-22(2)15-30(40(66)55-14-4-6-32(55)39(65)48-19-33(58)50-28(41(67)68)5-3-13-47-42(44)45)53-36(62)27(11-12-34(59)60)51-37(63)29(17-24-18-46-21-49-24)52-38(64)31(20-56)54-35(61)26(43)16-23-7-9-25(57)10-8-23;3-2(4,5)1(6)7/h7-10,18,21-22,26-32,56-57H,3-6,11-17,19-20,43H2,1-2H3,(H,46,49)(H,48,65)(H,50,58)(H,51,63)(H,52,64)(H,53,62)(H,54,61)(H,59,60)(H,67,68)(H4,44,45,47);(H,6,7)/t26-,27-,28-,29-,30-,31-,32-;/m0./s1. The number of phenolic OH excluding ortho intramolecular Hbond substituents is 1. The van der Waals surface area contributed by atoms with E-state index in [1.807, 2.05) is 0 Å². The predicted octanol–water partition coefficient (Wildman–Crippen LogP) is -3.57. The number of aliphatic carboxylic acids is 3. The van der Waals surface area contributed by atoms with Gasteiger partial charge in [-0.25, -0.2) is 14.6 Å². The molecule has 3 rings (SSSR count). The topological polar surface area (TPSA) is 466 Å². The summed E-state index contributed by atoms with van der Waals surface area (Å²) in [5.41, 5.74) is 17.5. The van der Waals surface area contributed by atoms with E-state index in [9.17, 15) is 76.7 Å². The number of alkyl halides is 3. The maximum absolute atomic E-state index is 14.1. The largest absolute Gasteiger partial charge is 0.508 e. The van der Waals surface area contributed by atoms with E-state index in [0.717, 1.165) is 0 Å². The molecule has 1 saturated heterocycles. The number of guanidine groups is 1. The van der Waals surface area contributed by atoms with Crippen LogP contribution in [-0.2, 0) is 60.8 Å². The molecule has 0 spiro atoms. The summed E-state index contributed by atoms with van der Waals surface area (Å²) in [4.78, 5) is 139. The maximum Gasteiger partial charge on any atom is 0.490 e. The van der Waals surface area contributed by atoms with E-state index >= 15 is 0 Å². The molecule has 0 radical (unpaired) electrons. The number of aromatic hydroxyl groups is 1. The van der Waals surface area contributed by atoms with E-state index in [0.29, 0.717) is 17.7 Å². The van der Waals surface area contributed by atoms with Crippen LogP contribution in [0.25, 0.3) is 0 Å². The molecule has 1 aliphatic rings. The number of aliphatic hydroxyl groups excluding tert-OH is 1. The summed E-state index contributed by atoms with van der Waals surface area (Å²) in [5.74, 6) is -11.8. The number of carbonyl (C=O) groups is 10. The van der Waals surface area contributed by atoms with E-state index in [1.54, 1.807) is 26.0 Å². The van der Waals surface area contributed by atoms with Gasteiger partial charge in [-0.15, -0.1) is 0 Å². The number of nitrogens with zero attached hydrogens (tertiary/aromatic N) is 3. The van der Waals surface area contributed by atoms with Crippen molar-refractivity contribution in [3.8, 4) is 5.75 Å². The zero-order chi connectivity index (χ0) is 56.6. The zero-order valence-corrected chi connectivity index (χ0v) is 40.8. The number of aromatic amines is 1. The number of benzene rings is 1. The Labute approximate surface area is 426 Å². The number of likely N-dealkylation sites (tertiary alicyclic amines) is 1. The monoisotopic (exact) mass is 1070 g/mol. The molecule has 7 amide bonds. The van der Waals surface area contributed by atoms with E-state index in [4.69, 9.17) is 27.1 Å². The first-order chi connectivity index (χ1) is 35.1. The molecule has 31 heteroatoms. The Morgan fingerprint density at radius 3 is 1.96 bits per heavy atom. The Morgan fingerprint density at radius 1 is 0.827 bits per heavy atom. The molecule has 0 saturated carbocycles. The van der Waals surface area contributed by atoms with Gasteiger partial charge in [0.25, 0.3) is 0 Å². The lowest BCUT2D eigenvalue weighted by Crippen LogP contribution is -2.60. The number of imidazole rings is 1. The average molecular weight is 1070 g/mol. The molecule has 0 bridgehead atoms. The van der Waals surface area contributed by atoms with Crippen LogP contribution in [0.1, 0.15) is 70.1 Å². The third-order valence-corrected chi connectivity index (χ3v) is 10.8. The summed E-state index contributed by atoms with van der Waals surface area (Å²) in [7, 11) is 0. The molecule has 416 valence electrons. The van der Waals surface area contributed by atoms with Crippen LogP contribution in [0.2, 0.25) is 0 Å². The Balaban J connectivity index is 0.00000256. The Hall–Kier alpha value is -8.09. The SMILES string of the molecule is CC(C)C[C@H](NC(=O)[C@H](CCC(=O)O)NC(=O)[C@H](Cc1cnc[nH]1)NC(=O)[C@H](CO)NC(=O)[C@@H](N)Cc1ccc(O)cc1)C(=O)N1CCC[C@H]1C(=O)NCC(=O)N[C@@H](CCCN=C(N)N)C(=O)O.O=C(O)C(F)(F)F. The number of hydrogen-bond acceptors (Lipinski definition) is 15. The minimum absolute atomic E-state index is 0.000151. The van der Waals surface area contributed by atoms with Gasteiger partial charge < -0.3 is 84.5 Å². The maximum atomic E-state index is 14.1. The second-order valence-electron chi connectivity index (χ2n) is 17.4. The highest BCUT2D eigenvalue weighted by Crippen LogP contribution is 2.21. The fourth-order valence-electron chi connectivity index (χ4n) is 7.12. The highest BCUT2D eigenvalue weighted by Gasteiger charge is 2.40. The average Bonchev–Trinajstić information content (AvgIpc) is 4.05. The molecule has 2 heterocycles. The van der Waals surface area contributed by atoms with Gasteiger partial charge in [-0.1, -0.05) is 26.0 Å². The molecule has 1 aliphatic heterocycles. The number of carboxylic acid groups (broad SMARTS) is 3. The van der Waals surface area contributed by atoms with Crippen molar-refractivity contribution in [3.63, 3.8) is 0 Å². The molecule has 75 heavy (non-hydrogen) atoms. The summed E-state index contributed by atoms with van der Waals surface area (Å²) < 4.78 is 31.7. The van der Waals surface area contributed by atoms with Gasteiger partial charge >= 0.3 is 24.1 Å². The molecular formula is C44H64F3N13O15. The first-order valence-electron chi connectivity index (χ1n) is 23.1. The predicted molar refractivity (Wildman–Crippen MR) is 254 cm³/mol. The minimum atomic E-state index is -5.08. The number of carboxylic acids is 3. The van der Waals surface area contributed by atoms with Gasteiger partial charge in [0, 0.05) is 37.8 Å². The van der Waals surface area contributed by atoms with E-state index in [1.165, 1.54) is 29.6 Å². The Bertz CT molecular complexity index is 2300. The number of hydrogen-bond donors (Lipinski definition) is 15. The van der Waals surface area contributed by atoms with Crippen LogP contribution in [0, 0.1) is 5.92 Å². The van der Waals surface area contributed by atoms with E-state index in [-0.39, 0.29) is 69.2 Å². The van der Waals surface area contributed by atoms with Crippen molar-refractivity contribution in [2.24, 2.45) is 28.1 Å². The van der Waals surface area contributed by atoms with Crippen LogP contribution in [0.4, 0.5) is 13.2 Å². The summed E-state index contributed by atoms with van der Waals surface area (Å²) in [6, 6.07) is -3.64. The van der Waals surface area contributed by atoms with Crippen LogP contribution in [0.15, 0.2) is 41.8 Å². The Kier molecular flexibility index (Phi) is 25.9. The first-order valence-corrected chi connectivity index (χ1v) is 23.1. The highest BCUT2D eigenvalue weighted by molar-refractivity contribution is 5.97. The van der Waals surface area contributed by atoms with Gasteiger partial charge in [-0.3, -0.25) is 43.3 Å². The smallest absolute Gasteiger partial charge is 0.490 e. The van der Waals surface area contributed by atoms with Crippen LogP contribution in [0.5, 0.6) is 5.75 Å². The van der Waals surface area contributed by atoms with Gasteiger partial charge in [0.05, 0.1) is 25.5 Å². The third-order valence-electron chi connectivity index (χ3n) is 10.8. The number of aromatic nitrogens is 2. The van der Waals surface area contributed by atoms with Crippen LogP contribution < -0.4 is 49.1 Å². The normalized spacial score (nSPS) is 15.5. The van der Waals surface area contributed by atoms with Gasteiger partial charge in [-0.2, -0.15) is 13.2 Å². The van der Waals surface area contributed by atoms with Crippen LogP contribution in [0.3, 0.4) is 0 Å².